The number of carbonyl (C=O) groups is 1. The molecule has 122 valence electrons. The topological polar surface area (TPSA) is 87.4 Å². The number of amides is 1. The largest absolute Gasteiger partial charge is 0.482 e. The second-order valence-corrected chi connectivity index (χ2v) is 5.46. The summed E-state index contributed by atoms with van der Waals surface area (Å²) in [4.78, 5) is 24.3. The number of ether oxygens (including phenoxy) is 2. The highest BCUT2D eigenvalue weighted by Gasteiger charge is 2.32. The predicted molar refractivity (Wildman–Crippen MR) is 81.4 cm³/mol. The van der Waals surface area contributed by atoms with Crippen LogP contribution < -0.4 is 15.6 Å². The van der Waals surface area contributed by atoms with Crippen LogP contribution in [0.3, 0.4) is 0 Å². The maximum atomic E-state index is 12.3. The molecular weight excluding hydrogens is 300 g/mol. The first kappa shape index (κ1) is 15.3. The van der Waals surface area contributed by atoms with Gasteiger partial charge in [0.05, 0.1) is 31.6 Å². The molecule has 3 rings (SSSR count). The first-order chi connectivity index (χ1) is 11.0. The Morgan fingerprint density at radius 1 is 1.43 bits per heavy atom. The number of nitrogens with zero attached hydrogens (tertiary/aromatic N) is 3. The first-order valence-electron chi connectivity index (χ1n) is 7.24. The van der Waals surface area contributed by atoms with E-state index in [0.29, 0.717) is 19.0 Å². The summed E-state index contributed by atoms with van der Waals surface area (Å²) >= 11 is 0. The van der Waals surface area contributed by atoms with Gasteiger partial charge in [-0.2, -0.15) is 5.10 Å². The Balaban J connectivity index is 1.69. The summed E-state index contributed by atoms with van der Waals surface area (Å²) < 4.78 is 14.2. The van der Waals surface area contributed by atoms with Gasteiger partial charge in [0.25, 0.3) is 11.5 Å². The third-order valence-corrected chi connectivity index (χ3v) is 3.68. The van der Waals surface area contributed by atoms with Gasteiger partial charge in [-0.15, -0.1) is 0 Å². The van der Waals surface area contributed by atoms with Crippen LogP contribution in [-0.4, -0.2) is 45.6 Å². The Hall–Kier alpha value is -2.61. The number of aryl methyl sites for hydroxylation is 2. The van der Waals surface area contributed by atoms with Crippen molar-refractivity contribution in [2.45, 2.75) is 12.1 Å². The number of hydrogen-bond acceptors (Lipinski definition) is 5. The van der Waals surface area contributed by atoms with Crippen LogP contribution >= 0.6 is 0 Å². The Morgan fingerprint density at radius 3 is 3.00 bits per heavy atom. The number of rotatable bonds is 4. The molecule has 1 fully saturated rings. The third-order valence-electron chi connectivity index (χ3n) is 3.68. The lowest BCUT2D eigenvalue weighted by molar-refractivity contribution is 0.0902. The SMILES string of the molecule is Cn1cc(O[C@@H]2COC[C@@H]2NC(=O)c2cccn(C)c2=O)cn1. The molecule has 0 aliphatic carbocycles. The minimum Gasteiger partial charge on any atom is -0.482 e. The number of hydrogen-bond donors (Lipinski definition) is 1. The number of pyridine rings is 1. The van der Waals surface area contributed by atoms with E-state index in [1.807, 2.05) is 0 Å². The Morgan fingerprint density at radius 2 is 2.26 bits per heavy atom. The minimum absolute atomic E-state index is 0.0991. The van der Waals surface area contributed by atoms with Crippen LogP contribution in [0.5, 0.6) is 5.75 Å². The zero-order valence-electron chi connectivity index (χ0n) is 12.9. The van der Waals surface area contributed by atoms with E-state index in [1.54, 1.807) is 43.4 Å². The van der Waals surface area contributed by atoms with E-state index in [2.05, 4.69) is 10.4 Å². The van der Waals surface area contributed by atoms with Gasteiger partial charge in [-0.3, -0.25) is 14.3 Å². The number of nitrogens with one attached hydrogen (secondary N) is 1. The van der Waals surface area contributed by atoms with E-state index in [1.165, 1.54) is 10.6 Å². The average molecular weight is 318 g/mol. The molecule has 1 aliphatic heterocycles. The summed E-state index contributed by atoms with van der Waals surface area (Å²) in [6.07, 6.45) is 4.62. The van der Waals surface area contributed by atoms with Crippen LogP contribution in [-0.2, 0) is 18.8 Å². The highest BCUT2D eigenvalue weighted by atomic mass is 16.5. The van der Waals surface area contributed by atoms with Crippen molar-refractivity contribution in [2.75, 3.05) is 13.2 Å². The Kier molecular flexibility index (Phi) is 4.16. The normalized spacial score (nSPS) is 20.4. The van der Waals surface area contributed by atoms with E-state index >= 15 is 0 Å². The molecule has 0 unspecified atom stereocenters. The molecule has 2 atom stereocenters. The molecule has 0 aromatic carbocycles. The summed E-state index contributed by atoms with van der Waals surface area (Å²) in [6.45, 7) is 0.705. The fraction of sp³-hybridized carbons (Fsp3) is 0.400. The van der Waals surface area contributed by atoms with Gasteiger partial charge in [-0.25, -0.2) is 0 Å². The third kappa shape index (κ3) is 3.26. The molecule has 3 heterocycles. The molecule has 2 aromatic heterocycles. The van der Waals surface area contributed by atoms with Gasteiger partial charge in [-0.05, 0) is 12.1 Å². The van der Waals surface area contributed by atoms with Gasteiger partial charge in [0.2, 0.25) is 0 Å². The van der Waals surface area contributed by atoms with E-state index in [-0.39, 0.29) is 23.3 Å². The molecule has 8 heteroatoms. The smallest absolute Gasteiger partial charge is 0.263 e. The van der Waals surface area contributed by atoms with Gasteiger partial charge >= 0.3 is 0 Å². The van der Waals surface area contributed by atoms with Crippen molar-refractivity contribution in [3.63, 3.8) is 0 Å². The Labute approximate surface area is 132 Å². The fourth-order valence-electron chi connectivity index (χ4n) is 2.44. The van der Waals surface area contributed by atoms with Crippen molar-refractivity contribution in [1.82, 2.24) is 19.7 Å². The van der Waals surface area contributed by atoms with Crippen molar-refractivity contribution in [2.24, 2.45) is 14.1 Å². The summed E-state index contributed by atoms with van der Waals surface area (Å²) in [6, 6.07) is 2.84. The quantitative estimate of drug-likeness (QED) is 0.836. The number of aromatic nitrogens is 3. The second kappa shape index (κ2) is 6.25. The standard InChI is InChI=1S/C15H18N4O4/c1-18-5-3-4-11(15(18)21)14(20)17-12-8-22-9-13(12)23-10-6-16-19(2)7-10/h3-7,12-13H,8-9H2,1-2H3,(H,17,20)/t12-,13+/m0/s1. The molecule has 1 saturated heterocycles. The fourth-order valence-corrected chi connectivity index (χ4v) is 2.44. The highest BCUT2D eigenvalue weighted by molar-refractivity contribution is 5.94. The molecule has 1 aliphatic rings. The van der Waals surface area contributed by atoms with Crippen LogP contribution in [0.4, 0.5) is 0 Å². The van der Waals surface area contributed by atoms with Crippen molar-refractivity contribution in [3.8, 4) is 5.75 Å². The van der Waals surface area contributed by atoms with Gasteiger partial charge < -0.3 is 19.4 Å². The highest BCUT2D eigenvalue weighted by Crippen LogP contribution is 2.16. The molecule has 8 nitrogen and oxygen atoms in total. The average Bonchev–Trinajstić information content (AvgIpc) is 3.12. The predicted octanol–water partition coefficient (Wildman–Crippen LogP) is -0.305. The van der Waals surface area contributed by atoms with Gasteiger partial charge in [-0.1, -0.05) is 0 Å². The van der Waals surface area contributed by atoms with Crippen molar-refractivity contribution >= 4 is 5.91 Å². The lowest BCUT2D eigenvalue weighted by atomic mass is 10.2. The zero-order valence-corrected chi connectivity index (χ0v) is 12.9. The molecule has 1 N–H and O–H groups in total. The molecule has 0 bridgehead atoms. The number of carbonyl (C=O) groups excluding carboxylic acids is 1. The van der Waals surface area contributed by atoms with Gasteiger partial charge in [0.15, 0.2) is 5.75 Å². The first-order valence-corrected chi connectivity index (χ1v) is 7.24. The van der Waals surface area contributed by atoms with Crippen LogP contribution in [0, 0.1) is 0 Å². The van der Waals surface area contributed by atoms with Crippen molar-refractivity contribution < 1.29 is 14.3 Å². The van der Waals surface area contributed by atoms with Crippen LogP contribution in [0.25, 0.3) is 0 Å². The molecule has 0 radical (unpaired) electrons. The molecule has 2 aromatic rings. The van der Waals surface area contributed by atoms with E-state index in [4.69, 9.17) is 9.47 Å². The van der Waals surface area contributed by atoms with E-state index in [9.17, 15) is 9.59 Å². The summed E-state index contributed by atoms with van der Waals surface area (Å²) in [5.74, 6) is 0.180. The Bertz CT molecular complexity index is 767. The maximum Gasteiger partial charge on any atom is 0.263 e. The van der Waals surface area contributed by atoms with Crippen LogP contribution in [0.1, 0.15) is 10.4 Å². The molecule has 1 amide bonds. The van der Waals surface area contributed by atoms with Crippen molar-refractivity contribution in [3.05, 3.63) is 46.6 Å². The summed E-state index contributed by atoms with van der Waals surface area (Å²) in [5.41, 5.74) is -0.240. The molecule has 0 saturated carbocycles. The summed E-state index contributed by atoms with van der Waals surface area (Å²) in [7, 11) is 3.40. The molecule has 0 spiro atoms. The summed E-state index contributed by atoms with van der Waals surface area (Å²) in [5, 5.41) is 6.84. The van der Waals surface area contributed by atoms with E-state index < -0.39 is 5.91 Å². The van der Waals surface area contributed by atoms with Crippen LogP contribution in [0.2, 0.25) is 0 Å². The molecular formula is C15H18N4O4. The maximum absolute atomic E-state index is 12.3. The van der Waals surface area contributed by atoms with E-state index in [0.717, 1.165) is 0 Å². The zero-order chi connectivity index (χ0) is 16.4. The minimum atomic E-state index is -0.429. The van der Waals surface area contributed by atoms with Gasteiger partial charge in [0.1, 0.15) is 11.7 Å². The monoisotopic (exact) mass is 318 g/mol. The van der Waals surface area contributed by atoms with Gasteiger partial charge in [0, 0.05) is 20.3 Å². The second-order valence-electron chi connectivity index (χ2n) is 5.46. The van der Waals surface area contributed by atoms with Crippen molar-refractivity contribution in [1.29, 1.82) is 0 Å². The van der Waals surface area contributed by atoms with Crippen LogP contribution in [0.15, 0.2) is 35.5 Å². The lowest BCUT2D eigenvalue weighted by Crippen LogP contribution is -2.46. The lowest BCUT2D eigenvalue weighted by Gasteiger charge is -2.19. The molecule has 23 heavy (non-hydrogen) atoms.